The first-order chi connectivity index (χ1) is 14.2. The lowest BCUT2D eigenvalue weighted by atomic mass is 10.0. The second-order valence-corrected chi connectivity index (χ2v) is 8.32. The van der Waals surface area contributed by atoms with E-state index in [0.717, 1.165) is 104 Å². The Morgan fingerprint density at radius 2 is 1.87 bits per heavy atom. The van der Waals surface area contributed by atoms with Crippen molar-refractivity contribution in [1.82, 2.24) is 20.4 Å². The molecule has 0 aromatic carbocycles. The van der Waals surface area contributed by atoms with Crippen LogP contribution in [0.15, 0.2) is 4.99 Å². The van der Waals surface area contributed by atoms with Crippen LogP contribution in [-0.2, 0) is 14.3 Å². The van der Waals surface area contributed by atoms with Crippen LogP contribution in [-0.4, -0.2) is 99.9 Å². The van der Waals surface area contributed by atoms with Gasteiger partial charge in [0.05, 0.1) is 6.54 Å². The largest absolute Gasteiger partial charge is 0.381 e. The number of amides is 1. The number of hydrogen-bond donors (Lipinski definition) is 2. The molecule has 0 aromatic rings. The molecule has 2 saturated heterocycles. The molecule has 3 rings (SSSR count). The molecule has 30 heavy (non-hydrogen) atoms. The molecule has 0 atom stereocenters. The molecule has 3 aliphatic rings. The Balaban J connectivity index is 0.00000320. The third-order valence-corrected chi connectivity index (χ3v) is 5.72. The highest BCUT2D eigenvalue weighted by Crippen LogP contribution is 2.18. The maximum absolute atomic E-state index is 12.0. The number of hydrogen-bond acceptors (Lipinski definition) is 5. The summed E-state index contributed by atoms with van der Waals surface area (Å²) < 4.78 is 11.2. The molecule has 2 aliphatic heterocycles. The number of carbonyl (C=O) groups excluding carboxylic acids is 1. The molecule has 1 aliphatic carbocycles. The molecule has 0 radical (unpaired) electrons. The van der Waals surface area contributed by atoms with Gasteiger partial charge < -0.3 is 25.0 Å². The summed E-state index contributed by atoms with van der Waals surface area (Å²) in [5, 5.41) is 6.48. The van der Waals surface area contributed by atoms with Crippen molar-refractivity contribution < 1.29 is 14.3 Å². The van der Waals surface area contributed by atoms with E-state index in [4.69, 9.17) is 14.5 Å². The Hall–Kier alpha value is -0.650. The predicted octanol–water partition coefficient (Wildman–Crippen LogP) is 1.30. The minimum absolute atomic E-state index is 0. The van der Waals surface area contributed by atoms with Gasteiger partial charge in [0, 0.05) is 71.7 Å². The number of guanidine groups is 1. The Labute approximate surface area is 198 Å². The van der Waals surface area contributed by atoms with E-state index in [1.54, 1.807) is 0 Å². The number of halogens is 1. The molecule has 0 aromatic heterocycles. The monoisotopic (exact) mass is 537 g/mol. The van der Waals surface area contributed by atoms with E-state index >= 15 is 0 Å². The van der Waals surface area contributed by atoms with Gasteiger partial charge >= 0.3 is 0 Å². The van der Waals surface area contributed by atoms with Gasteiger partial charge in [0.15, 0.2) is 5.96 Å². The van der Waals surface area contributed by atoms with Crippen LogP contribution in [0, 0.1) is 5.92 Å². The van der Waals surface area contributed by atoms with E-state index in [1.165, 1.54) is 0 Å². The fourth-order valence-corrected chi connectivity index (χ4v) is 3.76. The Kier molecular flexibility index (Phi) is 12.3. The van der Waals surface area contributed by atoms with Gasteiger partial charge in [-0.15, -0.1) is 24.0 Å². The molecule has 9 heteroatoms. The normalized spacial score (nSPS) is 21.2. The molecule has 174 valence electrons. The van der Waals surface area contributed by atoms with Crippen molar-refractivity contribution in [2.75, 3.05) is 72.2 Å². The molecule has 1 amide bonds. The zero-order valence-electron chi connectivity index (χ0n) is 18.4. The van der Waals surface area contributed by atoms with Crippen molar-refractivity contribution in [3.63, 3.8) is 0 Å². The van der Waals surface area contributed by atoms with Crippen molar-refractivity contribution in [2.45, 2.75) is 45.1 Å². The average Bonchev–Trinajstić information content (AvgIpc) is 3.55. The maximum atomic E-state index is 12.0. The van der Waals surface area contributed by atoms with Gasteiger partial charge in [-0.05, 0) is 44.9 Å². The van der Waals surface area contributed by atoms with Crippen LogP contribution in [0.1, 0.15) is 39.0 Å². The Morgan fingerprint density at radius 3 is 2.53 bits per heavy atom. The van der Waals surface area contributed by atoms with Crippen LogP contribution in [0.2, 0.25) is 0 Å². The van der Waals surface area contributed by atoms with Crippen molar-refractivity contribution in [1.29, 1.82) is 0 Å². The minimum Gasteiger partial charge on any atom is -0.381 e. The van der Waals surface area contributed by atoms with Gasteiger partial charge in [-0.1, -0.05) is 0 Å². The third kappa shape index (κ3) is 9.65. The second-order valence-electron chi connectivity index (χ2n) is 8.32. The molecule has 8 nitrogen and oxygen atoms in total. The zero-order chi connectivity index (χ0) is 20.3. The lowest BCUT2D eigenvalue weighted by molar-refractivity contribution is -0.122. The molecule has 0 unspecified atom stereocenters. The third-order valence-electron chi connectivity index (χ3n) is 5.72. The van der Waals surface area contributed by atoms with E-state index in [1.807, 2.05) is 0 Å². The highest BCUT2D eigenvalue weighted by molar-refractivity contribution is 14.0. The summed E-state index contributed by atoms with van der Waals surface area (Å²) in [5.74, 6) is 1.81. The number of aliphatic imine (C=N–C) groups is 1. The quantitative estimate of drug-likeness (QED) is 0.189. The van der Waals surface area contributed by atoms with Gasteiger partial charge in [0.1, 0.15) is 0 Å². The van der Waals surface area contributed by atoms with Crippen LogP contribution >= 0.6 is 24.0 Å². The number of carbonyl (C=O) groups is 1. The van der Waals surface area contributed by atoms with E-state index in [2.05, 4.69) is 27.4 Å². The topological polar surface area (TPSA) is 78.4 Å². The van der Waals surface area contributed by atoms with Gasteiger partial charge in [-0.3, -0.25) is 14.7 Å². The number of rotatable bonds is 10. The van der Waals surface area contributed by atoms with E-state index in [0.29, 0.717) is 18.5 Å². The SMILES string of the molecule is CCNC(=NCCCOCC1CCOCC1)N1CCN(CC(=O)NC2CC2)CC1.I. The summed E-state index contributed by atoms with van der Waals surface area (Å²) in [7, 11) is 0. The van der Waals surface area contributed by atoms with E-state index < -0.39 is 0 Å². The molecule has 2 N–H and O–H groups in total. The molecule has 3 fully saturated rings. The number of nitrogens with one attached hydrogen (secondary N) is 2. The standard InChI is InChI=1S/C21H39N5O3.HI/c1-2-22-21(23-8-3-13-29-17-18-6-14-28-15-7-18)26-11-9-25(10-12-26)16-20(27)24-19-4-5-19;/h18-19H,2-17H2,1H3,(H,22,23)(H,24,27);1H. The summed E-state index contributed by atoms with van der Waals surface area (Å²) in [6.07, 6.45) is 5.47. The average molecular weight is 537 g/mol. The van der Waals surface area contributed by atoms with Crippen LogP contribution in [0.3, 0.4) is 0 Å². The lowest BCUT2D eigenvalue weighted by Gasteiger charge is -2.36. The predicted molar refractivity (Wildman–Crippen MR) is 130 cm³/mol. The summed E-state index contributed by atoms with van der Waals surface area (Å²) in [4.78, 5) is 21.3. The van der Waals surface area contributed by atoms with Crippen molar-refractivity contribution in [3.05, 3.63) is 0 Å². The van der Waals surface area contributed by atoms with Crippen LogP contribution in [0.25, 0.3) is 0 Å². The highest BCUT2D eigenvalue weighted by Gasteiger charge is 2.25. The molecule has 1 saturated carbocycles. The van der Waals surface area contributed by atoms with Gasteiger partial charge in [0.2, 0.25) is 5.91 Å². The first kappa shape index (κ1) is 25.6. The Morgan fingerprint density at radius 1 is 1.13 bits per heavy atom. The summed E-state index contributed by atoms with van der Waals surface area (Å²) in [6.45, 7) is 11.2. The van der Waals surface area contributed by atoms with Crippen molar-refractivity contribution in [2.24, 2.45) is 10.9 Å². The second kappa shape index (κ2) is 14.4. The highest BCUT2D eigenvalue weighted by atomic mass is 127. The van der Waals surface area contributed by atoms with Crippen LogP contribution in [0.5, 0.6) is 0 Å². The maximum Gasteiger partial charge on any atom is 0.234 e. The van der Waals surface area contributed by atoms with Gasteiger partial charge in [-0.25, -0.2) is 0 Å². The van der Waals surface area contributed by atoms with Gasteiger partial charge in [0.25, 0.3) is 0 Å². The van der Waals surface area contributed by atoms with Crippen LogP contribution < -0.4 is 10.6 Å². The Bertz CT molecular complexity index is 519. The number of ether oxygens (including phenoxy) is 2. The first-order valence-corrected chi connectivity index (χ1v) is 11.4. The summed E-state index contributed by atoms with van der Waals surface area (Å²) in [5.41, 5.74) is 0. The molecule has 2 heterocycles. The molecular formula is C21H40IN5O3. The first-order valence-electron chi connectivity index (χ1n) is 11.4. The van der Waals surface area contributed by atoms with E-state index in [-0.39, 0.29) is 29.9 Å². The fourth-order valence-electron chi connectivity index (χ4n) is 3.76. The number of piperazine rings is 1. The minimum atomic E-state index is 0. The smallest absolute Gasteiger partial charge is 0.234 e. The molecular weight excluding hydrogens is 497 g/mol. The van der Waals surface area contributed by atoms with Crippen LogP contribution in [0.4, 0.5) is 0 Å². The summed E-state index contributed by atoms with van der Waals surface area (Å²) in [6, 6.07) is 0.442. The number of nitrogens with zero attached hydrogens (tertiary/aromatic N) is 3. The van der Waals surface area contributed by atoms with Gasteiger partial charge in [-0.2, -0.15) is 0 Å². The summed E-state index contributed by atoms with van der Waals surface area (Å²) >= 11 is 0. The lowest BCUT2D eigenvalue weighted by Crippen LogP contribution is -2.54. The fraction of sp³-hybridized carbons (Fsp3) is 0.905. The zero-order valence-corrected chi connectivity index (χ0v) is 20.8. The molecule has 0 bridgehead atoms. The van der Waals surface area contributed by atoms with Crippen molar-refractivity contribution in [3.8, 4) is 0 Å². The van der Waals surface area contributed by atoms with Crippen molar-refractivity contribution >= 4 is 35.8 Å². The molecule has 0 spiro atoms. The van der Waals surface area contributed by atoms with E-state index in [9.17, 15) is 4.79 Å².